The van der Waals surface area contributed by atoms with Gasteiger partial charge in [-0.2, -0.15) is 4.31 Å². The Hall–Kier alpha value is -3.24. The van der Waals surface area contributed by atoms with Gasteiger partial charge in [-0.25, -0.2) is 22.6 Å². The number of anilines is 1. The molecule has 0 radical (unpaired) electrons. The summed E-state index contributed by atoms with van der Waals surface area (Å²) in [6.07, 6.45) is -0.724. The van der Waals surface area contributed by atoms with Gasteiger partial charge in [-0.15, -0.1) is 0 Å². The summed E-state index contributed by atoms with van der Waals surface area (Å²) >= 11 is 0. The van der Waals surface area contributed by atoms with E-state index in [1.165, 1.54) is 16.4 Å². The van der Waals surface area contributed by atoms with Gasteiger partial charge >= 0.3 is 0 Å². The summed E-state index contributed by atoms with van der Waals surface area (Å²) in [6, 6.07) is 6.04. The maximum atomic E-state index is 13.8. The van der Waals surface area contributed by atoms with Crippen LogP contribution in [0.15, 0.2) is 41.3 Å². The van der Waals surface area contributed by atoms with Gasteiger partial charge in [0.2, 0.25) is 10.0 Å². The average Bonchev–Trinajstić information content (AvgIpc) is 3.41. The van der Waals surface area contributed by atoms with Crippen molar-refractivity contribution >= 4 is 27.3 Å². The molecule has 0 aromatic heterocycles. The lowest BCUT2D eigenvalue weighted by molar-refractivity contribution is -0.384. The highest BCUT2D eigenvalue weighted by Crippen LogP contribution is 2.40. The molecule has 0 spiro atoms. The fourth-order valence-corrected chi connectivity index (χ4v) is 7.66. The molecule has 0 bridgehead atoms. The lowest BCUT2D eigenvalue weighted by Gasteiger charge is -2.34. The number of sulfonamides is 1. The molecule has 5 rings (SSSR count). The highest BCUT2D eigenvalue weighted by atomic mass is 32.2. The van der Waals surface area contributed by atoms with Gasteiger partial charge in [-0.1, -0.05) is 0 Å². The van der Waals surface area contributed by atoms with Crippen LogP contribution in [0, 0.1) is 27.7 Å². The third-order valence-corrected chi connectivity index (χ3v) is 10.1. The summed E-state index contributed by atoms with van der Waals surface area (Å²) in [5, 5.41) is 14.7. The van der Waals surface area contributed by atoms with Gasteiger partial charge in [0.15, 0.2) is 0 Å². The van der Waals surface area contributed by atoms with Gasteiger partial charge in [0, 0.05) is 67.9 Å². The summed E-state index contributed by atoms with van der Waals surface area (Å²) in [7, 11) is -2.30. The normalized spacial score (nSPS) is 25.1. The first-order valence-corrected chi connectivity index (χ1v) is 14.3. The maximum Gasteiger partial charge on any atom is 0.293 e. The number of fused-ring (bicyclic) bond motifs is 1. The number of nitrogens with one attached hydrogen (secondary N) is 3. The van der Waals surface area contributed by atoms with Crippen molar-refractivity contribution in [3.63, 3.8) is 0 Å². The van der Waals surface area contributed by atoms with E-state index in [0.717, 1.165) is 25.2 Å². The first-order chi connectivity index (χ1) is 18.8. The Kier molecular flexibility index (Phi) is 7.29. The topological polar surface area (TPSA) is 140 Å². The van der Waals surface area contributed by atoms with E-state index in [0.29, 0.717) is 24.8 Å². The van der Waals surface area contributed by atoms with Crippen LogP contribution in [0.4, 0.5) is 20.2 Å². The number of hydrazine groups is 1. The lowest BCUT2D eigenvalue weighted by Crippen LogP contribution is -2.54. The summed E-state index contributed by atoms with van der Waals surface area (Å²) in [5.74, 6) is -3.03. The molecule has 12 nitrogen and oxygen atoms in total. The predicted molar refractivity (Wildman–Crippen MR) is 142 cm³/mol. The molecule has 15 heteroatoms. The summed E-state index contributed by atoms with van der Waals surface area (Å²) < 4.78 is 55.6. The minimum atomic E-state index is -4.28. The molecule has 40 heavy (non-hydrogen) atoms. The Morgan fingerprint density at radius 3 is 2.35 bits per heavy atom. The fourth-order valence-electron chi connectivity index (χ4n) is 5.79. The van der Waals surface area contributed by atoms with Crippen LogP contribution in [0.2, 0.25) is 0 Å². The molecule has 3 fully saturated rings. The maximum absolute atomic E-state index is 13.8. The van der Waals surface area contributed by atoms with E-state index < -0.39 is 61.0 Å². The molecular weight excluding hydrogens is 548 g/mol. The number of hydrogen-bond acceptors (Lipinski definition) is 9. The summed E-state index contributed by atoms with van der Waals surface area (Å²) in [5.41, 5.74) is 5.36. The number of nitrogens with zero attached hydrogens (tertiary/aromatic N) is 4. The first-order valence-electron chi connectivity index (χ1n) is 12.8. The molecule has 2 aromatic rings. The number of carbonyl (C=O) groups excluding carboxylic acids is 1. The van der Waals surface area contributed by atoms with E-state index in [1.807, 2.05) is 11.9 Å². The highest BCUT2D eigenvalue weighted by Gasteiger charge is 2.57. The zero-order chi connectivity index (χ0) is 29.0. The van der Waals surface area contributed by atoms with Crippen LogP contribution >= 0.6 is 0 Å². The second-order valence-corrected chi connectivity index (χ2v) is 12.8. The Labute approximate surface area is 230 Å². The molecule has 3 aliphatic rings. The summed E-state index contributed by atoms with van der Waals surface area (Å²) in [6.45, 7) is 6.10. The van der Waals surface area contributed by atoms with Crippen molar-refractivity contribution in [2.45, 2.75) is 36.5 Å². The smallest absolute Gasteiger partial charge is 0.293 e. The number of rotatable bonds is 6. The largest absolute Gasteiger partial charge is 0.363 e. The van der Waals surface area contributed by atoms with Gasteiger partial charge in [0.05, 0.1) is 16.0 Å². The molecule has 1 amide bonds. The predicted octanol–water partition coefficient (Wildman–Crippen LogP) is 1.26. The number of hydrogen-bond donors (Lipinski definition) is 3. The van der Waals surface area contributed by atoms with Gasteiger partial charge in [0.1, 0.15) is 17.3 Å². The number of carbonyl (C=O) groups is 1. The van der Waals surface area contributed by atoms with Crippen molar-refractivity contribution in [3.8, 4) is 0 Å². The molecule has 216 valence electrons. The Bertz CT molecular complexity index is 1430. The molecule has 3 atom stereocenters. The number of amides is 1. The number of likely N-dealkylation sites (N-methyl/N-ethyl adjacent to an activating group) is 1. The Morgan fingerprint density at radius 1 is 1.07 bits per heavy atom. The number of benzene rings is 2. The molecule has 2 aromatic carbocycles. The van der Waals surface area contributed by atoms with Gasteiger partial charge < -0.3 is 15.1 Å². The van der Waals surface area contributed by atoms with E-state index in [2.05, 4.69) is 21.1 Å². The van der Waals surface area contributed by atoms with E-state index in [9.17, 15) is 32.1 Å². The second kappa shape index (κ2) is 10.3. The van der Waals surface area contributed by atoms with Crippen molar-refractivity contribution in [1.82, 2.24) is 25.4 Å². The first kappa shape index (κ1) is 28.3. The molecule has 3 heterocycles. The van der Waals surface area contributed by atoms with Crippen LogP contribution < -0.4 is 21.1 Å². The molecular formula is C25H31F2N7O5S. The average molecular weight is 580 g/mol. The van der Waals surface area contributed by atoms with Gasteiger partial charge in [-0.3, -0.25) is 20.3 Å². The number of halogens is 2. The number of nitro groups is 1. The van der Waals surface area contributed by atoms with Crippen molar-refractivity contribution in [2.75, 3.05) is 44.7 Å². The number of piperazine rings is 1. The van der Waals surface area contributed by atoms with Crippen LogP contribution in [0.5, 0.6) is 0 Å². The zero-order valence-electron chi connectivity index (χ0n) is 22.2. The molecule has 3 saturated heterocycles. The van der Waals surface area contributed by atoms with Crippen molar-refractivity contribution < 1.29 is 26.9 Å². The van der Waals surface area contributed by atoms with Crippen LogP contribution in [0.25, 0.3) is 0 Å². The minimum absolute atomic E-state index is 0.0500. The monoisotopic (exact) mass is 579 g/mol. The van der Waals surface area contributed by atoms with Crippen LogP contribution in [-0.2, 0) is 10.0 Å². The standard InChI is InChI=1S/C25H31F2N7O5S/c1-25(2)22-19(14-33(25)40(38,39)18-12-16(26)11-17(27)13-18)23(30-29-22)28-24(35)15-4-5-20(21(10-15)34(36)37)32-8-6-31(3)7-9-32/h4-5,10-13,19,22-23,29-30H,6-9,14H2,1-3H3,(H,28,35). The van der Waals surface area contributed by atoms with E-state index in [-0.39, 0.29) is 17.8 Å². The molecule has 0 aliphatic carbocycles. The lowest BCUT2D eigenvalue weighted by atomic mass is 9.90. The summed E-state index contributed by atoms with van der Waals surface area (Å²) in [4.78, 5) is 28.1. The van der Waals surface area contributed by atoms with Gasteiger partial charge in [0.25, 0.3) is 11.6 Å². The Balaban J connectivity index is 1.34. The highest BCUT2D eigenvalue weighted by molar-refractivity contribution is 7.89. The second-order valence-electron chi connectivity index (χ2n) is 10.9. The van der Waals surface area contributed by atoms with Crippen molar-refractivity contribution in [2.24, 2.45) is 5.92 Å². The molecule has 3 unspecified atom stereocenters. The molecule has 0 saturated carbocycles. The van der Waals surface area contributed by atoms with Crippen LogP contribution in [-0.4, -0.2) is 86.0 Å². The van der Waals surface area contributed by atoms with Crippen LogP contribution in [0.1, 0.15) is 24.2 Å². The Morgan fingerprint density at radius 2 is 1.73 bits per heavy atom. The van der Waals surface area contributed by atoms with Crippen molar-refractivity contribution in [3.05, 3.63) is 63.7 Å². The van der Waals surface area contributed by atoms with E-state index in [4.69, 9.17) is 0 Å². The zero-order valence-corrected chi connectivity index (χ0v) is 23.0. The quantitative estimate of drug-likeness (QED) is 0.341. The SMILES string of the molecule is CN1CCN(c2ccc(C(=O)NC3NNC4C3CN(S(=O)(=O)c3cc(F)cc(F)c3)C4(C)C)cc2[N+](=O)[O-])CC1. The third kappa shape index (κ3) is 5.03. The van der Waals surface area contributed by atoms with Crippen LogP contribution in [0.3, 0.4) is 0 Å². The van der Waals surface area contributed by atoms with E-state index >= 15 is 0 Å². The number of nitro benzene ring substituents is 1. The third-order valence-electron chi connectivity index (χ3n) is 8.02. The minimum Gasteiger partial charge on any atom is -0.363 e. The fraction of sp³-hybridized carbons (Fsp3) is 0.480. The van der Waals surface area contributed by atoms with Gasteiger partial charge in [-0.05, 0) is 45.2 Å². The van der Waals surface area contributed by atoms with Crippen molar-refractivity contribution in [1.29, 1.82) is 0 Å². The molecule has 3 aliphatic heterocycles. The molecule has 3 N–H and O–H groups in total. The van der Waals surface area contributed by atoms with E-state index in [1.54, 1.807) is 19.9 Å².